The van der Waals surface area contributed by atoms with Crippen molar-refractivity contribution in [3.05, 3.63) is 33.8 Å². The van der Waals surface area contributed by atoms with E-state index in [1.54, 1.807) is 0 Å². The predicted octanol–water partition coefficient (Wildman–Crippen LogP) is 3.67. The van der Waals surface area contributed by atoms with E-state index in [1.807, 2.05) is 12.1 Å². The van der Waals surface area contributed by atoms with Gasteiger partial charge in [-0.3, -0.25) is 9.69 Å². The second-order valence-corrected chi connectivity index (χ2v) is 10.7. The summed E-state index contributed by atoms with van der Waals surface area (Å²) in [5.41, 5.74) is 1.20. The first-order chi connectivity index (χ1) is 15.0. The van der Waals surface area contributed by atoms with Gasteiger partial charge in [0.2, 0.25) is 5.91 Å². The lowest BCUT2D eigenvalue weighted by Crippen LogP contribution is -2.61. The molecule has 1 aromatic rings. The molecule has 0 aromatic heterocycles. The minimum atomic E-state index is -0.0303. The summed E-state index contributed by atoms with van der Waals surface area (Å²) in [6.07, 6.45) is 5.22. The fraction of sp³-hybridized carbons (Fsp3) is 0.708. The third kappa shape index (κ3) is 4.91. The van der Waals surface area contributed by atoms with Crippen molar-refractivity contribution in [2.45, 2.75) is 43.6 Å². The number of hydrogen-bond donors (Lipinski definition) is 0. The minimum Gasteiger partial charge on any atom is -0.379 e. The van der Waals surface area contributed by atoms with E-state index in [2.05, 4.69) is 20.8 Å². The molecule has 3 heterocycles. The molecule has 1 aliphatic carbocycles. The zero-order chi connectivity index (χ0) is 21.4. The van der Waals surface area contributed by atoms with Crippen LogP contribution in [0.1, 0.15) is 37.7 Å². The highest BCUT2D eigenvalue weighted by molar-refractivity contribution is 6.42. The quantitative estimate of drug-likeness (QED) is 0.615. The minimum absolute atomic E-state index is 0.0303. The molecule has 1 saturated carbocycles. The molecule has 7 heteroatoms. The van der Waals surface area contributed by atoms with Crippen LogP contribution in [0.2, 0.25) is 10.0 Å². The van der Waals surface area contributed by atoms with Crippen LogP contribution in [0, 0.1) is 5.92 Å². The summed E-state index contributed by atoms with van der Waals surface area (Å²) in [6.45, 7) is 8.84. The molecule has 0 bridgehead atoms. The van der Waals surface area contributed by atoms with Gasteiger partial charge >= 0.3 is 0 Å². The van der Waals surface area contributed by atoms with E-state index < -0.39 is 0 Å². The smallest absolute Gasteiger partial charge is 0.222 e. The maximum absolute atomic E-state index is 12.8. The van der Waals surface area contributed by atoms with E-state index in [0.717, 1.165) is 78.3 Å². The van der Waals surface area contributed by atoms with Crippen LogP contribution in [0.4, 0.5) is 0 Å². The number of likely N-dealkylation sites (tertiary alicyclic amines) is 2. The molecule has 3 saturated heterocycles. The SMILES string of the molecule is O=C(CC1CC1)N1CCC(CCN2CC(N3CCOCC3)C2)(c2ccc(Cl)c(Cl)c2)C1. The Kier molecular flexibility index (Phi) is 6.51. The lowest BCUT2D eigenvalue weighted by molar-refractivity contribution is -0.130. The molecule has 1 amide bonds. The Morgan fingerprint density at radius 3 is 2.58 bits per heavy atom. The van der Waals surface area contributed by atoms with Gasteiger partial charge in [-0.2, -0.15) is 0 Å². The molecule has 0 radical (unpaired) electrons. The number of carbonyl (C=O) groups is 1. The average Bonchev–Trinajstić information content (AvgIpc) is 3.45. The third-order valence-corrected chi connectivity index (χ3v) is 8.54. The van der Waals surface area contributed by atoms with E-state index >= 15 is 0 Å². The molecule has 0 N–H and O–H groups in total. The van der Waals surface area contributed by atoms with Crippen molar-refractivity contribution in [3.63, 3.8) is 0 Å². The number of ether oxygens (including phenoxy) is 1. The van der Waals surface area contributed by atoms with E-state index in [9.17, 15) is 4.79 Å². The third-order valence-electron chi connectivity index (χ3n) is 7.81. The topological polar surface area (TPSA) is 36.0 Å². The summed E-state index contributed by atoms with van der Waals surface area (Å²) in [5.74, 6) is 0.964. The summed E-state index contributed by atoms with van der Waals surface area (Å²) < 4.78 is 5.49. The number of hydrogen-bond acceptors (Lipinski definition) is 4. The van der Waals surface area contributed by atoms with Crippen molar-refractivity contribution in [2.75, 3.05) is 59.0 Å². The standard InChI is InChI=1S/C24H33Cl2N3O2/c25-21-4-3-19(14-22(21)26)24(6-8-29(17-24)23(30)13-18-1-2-18)5-7-27-15-20(16-27)28-9-11-31-12-10-28/h3-4,14,18,20H,1-2,5-13,15-17H2. The largest absolute Gasteiger partial charge is 0.379 e. The fourth-order valence-electron chi connectivity index (χ4n) is 5.46. The summed E-state index contributed by atoms with van der Waals surface area (Å²) in [4.78, 5) is 20.1. The maximum atomic E-state index is 12.8. The van der Waals surface area contributed by atoms with Crippen LogP contribution in [0.3, 0.4) is 0 Å². The first kappa shape index (κ1) is 22.0. The van der Waals surface area contributed by atoms with Gasteiger partial charge in [-0.25, -0.2) is 0 Å². The van der Waals surface area contributed by atoms with Crippen LogP contribution in [-0.4, -0.2) is 85.7 Å². The Morgan fingerprint density at radius 1 is 1.10 bits per heavy atom. The number of halogens is 2. The molecule has 31 heavy (non-hydrogen) atoms. The van der Waals surface area contributed by atoms with E-state index in [-0.39, 0.29) is 5.41 Å². The van der Waals surface area contributed by atoms with Crippen molar-refractivity contribution >= 4 is 29.1 Å². The lowest BCUT2D eigenvalue weighted by atomic mass is 9.76. The second kappa shape index (κ2) is 9.18. The van der Waals surface area contributed by atoms with Crippen molar-refractivity contribution in [3.8, 4) is 0 Å². The van der Waals surface area contributed by atoms with Gasteiger partial charge in [0.05, 0.1) is 23.3 Å². The van der Waals surface area contributed by atoms with E-state index in [4.69, 9.17) is 27.9 Å². The zero-order valence-corrected chi connectivity index (χ0v) is 19.7. The van der Waals surface area contributed by atoms with Gasteiger partial charge in [0.15, 0.2) is 0 Å². The van der Waals surface area contributed by atoms with Gasteiger partial charge in [-0.15, -0.1) is 0 Å². The summed E-state index contributed by atoms with van der Waals surface area (Å²) in [5, 5.41) is 1.20. The van der Waals surface area contributed by atoms with Crippen LogP contribution in [-0.2, 0) is 14.9 Å². The highest BCUT2D eigenvalue weighted by atomic mass is 35.5. The molecular weight excluding hydrogens is 433 g/mol. The van der Waals surface area contributed by atoms with E-state index in [0.29, 0.717) is 27.9 Å². The molecule has 5 rings (SSSR count). The van der Waals surface area contributed by atoms with Crippen molar-refractivity contribution in [2.24, 2.45) is 5.92 Å². The Labute approximate surface area is 195 Å². The number of benzene rings is 1. The first-order valence-electron chi connectivity index (χ1n) is 11.8. The average molecular weight is 466 g/mol. The van der Waals surface area contributed by atoms with E-state index in [1.165, 1.54) is 18.4 Å². The summed E-state index contributed by atoms with van der Waals surface area (Å²) in [6, 6.07) is 6.74. The number of amides is 1. The van der Waals surface area contributed by atoms with Crippen LogP contribution < -0.4 is 0 Å². The highest BCUT2D eigenvalue weighted by Gasteiger charge is 2.43. The second-order valence-electron chi connectivity index (χ2n) is 9.93. The number of morpholine rings is 1. The molecule has 5 nitrogen and oxygen atoms in total. The molecular formula is C24H33Cl2N3O2. The zero-order valence-electron chi connectivity index (χ0n) is 18.2. The van der Waals surface area contributed by atoms with Gasteiger partial charge < -0.3 is 14.5 Å². The highest BCUT2D eigenvalue weighted by Crippen LogP contribution is 2.42. The predicted molar refractivity (Wildman–Crippen MR) is 124 cm³/mol. The van der Waals surface area contributed by atoms with Crippen LogP contribution in [0.15, 0.2) is 18.2 Å². The summed E-state index contributed by atoms with van der Waals surface area (Å²) in [7, 11) is 0. The Morgan fingerprint density at radius 2 is 1.87 bits per heavy atom. The normalized spacial score (nSPS) is 28.1. The van der Waals surface area contributed by atoms with Gasteiger partial charge in [0.25, 0.3) is 0 Å². The number of carbonyl (C=O) groups excluding carboxylic acids is 1. The van der Waals surface area contributed by atoms with Crippen molar-refractivity contribution < 1.29 is 9.53 Å². The number of nitrogens with zero attached hydrogens (tertiary/aromatic N) is 3. The molecule has 1 aromatic carbocycles. The molecule has 170 valence electrons. The molecule has 0 spiro atoms. The molecule has 4 fully saturated rings. The first-order valence-corrected chi connectivity index (χ1v) is 12.6. The van der Waals surface area contributed by atoms with Gasteiger partial charge in [0, 0.05) is 57.1 Å². The Bertz CT molecular complexity index is 806. The molecule has 1 atom stereocenters. The fourth-order valence-corrected chi connectivity index (χ4v) is 5.76. The van der Waals surface area contributed by atoms with Gasteiger partial charge in [0.1, 0.15) is 0 Å². The molecule has 4 aliphatic rings. The van der Waals surface area contributed by atoms with Crippen molar-refractivity contribution in [1.29, 1.82) is 0 Å². The van der Waals surface area contributed by atoms with Crippen LogP contribution in [0.25, 0.3) is 0 Å². The summed E-state index contributed by atoms with van der Waals surface area (Å²) >= 11 is 12.6. The lowest BCUT2D eigenvalue weighted by Gasteiger charge is -2.47. The molecule has 3 aliphatic heterocycles. The maximum Gasteiger partial charge on any atom is 0.222 e. The van der Waals surface area contributed by atoms with Crippen molar-refractivity contribution in [1.82, 2.24) is 14.7 Å². The Hall–Kier alpha value is -0.850. The Balaban J connectivity index is 1.24. The molecule has 1 unspecified atom stereocenters. The van der Waals surface area contributed by atoms with Gasteiger partial charge in [-0.1, -0.05) is 29.3 Å². The van der Waals surface area contributed by atoms with Crippen LogP contribution >= 0.6 is 23.2 Å². The monoisotopic (exact) mass is 465 g/mol. The van der Waals surface area contributed by atoms with Gasteiger partial charge in [-0.05, 0) is 55.8 Å². The number of rotatable bonds is 7. The van der Waals surface area contributed by atoms with Crippen LogP contribution in [0.5, 0.6) is 0 Å².